The second-order valence-corrected chi connectivity index (χ2v) is 4.81. The van der Waals surface area contributed by atoms with Gasteiger partial charge in [0.2, 0.25) is 5.28 Å². The monoisotopic (exact) mass is 288 g/mol. The minimum atomic E-state index is -0.0559. The number of nitrogens with zero attached hydrogens (tertiary/aromatic N) is 4. The lowest BCUT2D eigenvalue weighted by molar-refractivity contribution is 0.0989. The van der Waals surface area contributed by atoms with Crippen molar-refractivity contribution in [3.63, 3.8) is 0 Å². The molecule has 1 amide bonds. The van der Waals surface area contributed by atoms with Gasteiger partial charge in [0.05, 0.1) is 17.4 Å². The minimum Gasteiger partial charge on any atom is -0.327 e. The summed E-state index contributed by atoms with van der Waals surface area (Å²) in [6, 6.07) is 7.46. The predicted octanol–water partition coefficient (Wildman–Crippen LogP) is 2.88. The highest BCUT2D eigenvalue weighted by molar-refractivity contribution is 6.28. The zero-order chi connectivity index (χ0) is 14.3. The largest absolute Gasteiger partial charge is 0.327 e. The number of rotatable bonds is 1. The van der Waals surface area contributed by atoms with Crippen molar-refractivity contribution in [2.75, 3.05) is 23.4 Å². The summed E-state index contributed by atoms with van der Waals surface area (Å²) >= 11 is 5.90. The number of hydrogen-bond acceptors (Lipinski definition) is 4. The number of fused-ring (bicyclic) bond motifs is 2. The number of halogens is 1. The van der Waals surface area contributed by atoms with E-state index in [4.69, 9.17) is 11.6 Å². The zero-order valence-electron chi connectivity index (χ0n) is 11.2. The van der Waals surface area contributed by atoms with E-state index in [0.29, 0.717) is 23.6 Å². The Bertz CT molecular complexity index is 689. The summed E-state index contributed by atoms with van der Waals surface area (Å²) in [5.41, 5.74) is 2.12. The smallest absolute Gasteiger partial charge is 0.260 e. The van der Waals surface area contributed by atoms with Crippen molar-refractivity contribution in [3.05, 3.63) is 41.3 Å². The van der Waals surface area contributed by atoms with Gasteiger partial charge in [0.25, 0.3) is 5.91 Å². The molecular formula is C14H13ClN4O. The SMILES string of the molecule is CCN1C(=O)c2ccccc2N(C)c2nc(Cl)ncc21. The first-order valence-corrected chi connectivity index (χ1v) is 6.68. The molecule has 6 heteroatoms. The van der Waals surface area contributed by atoms with Crippen molar-refractivity contribution >= 4 is 34.7 Å². The molecule has 3 rings (SSSR count). The van der Waals surface area contributed by atoms with E-state index < -0.39 is 0 Å². The Kier molecular flexibility index (Phi) is 3.06. The van der Waals surface area contributed by atoms with Gasteiger partial charge in [0.15, 0.2) is 5.82 Å². The first-order valence-electron chi connectivity index (χ1n) is 6.30. The van der Waals surface area contributed by atoms with Gasteiger partial charge in [-0.25, -0.2) is 4.98 Å². The van der Waals surface area contributed by atoms with E-state index in [1.807, 2.05) is 43.1 Å². The maximum atomic E-state index is 12.7. The van der Waals surface area contributed by atoms with Gasteiger partial charge in [-0.1, -0.05) is 12.1 Å². The van der Waals surface area contributed by atoms with Gasteiger partial charge in [0, 0.05) is 13.6 Å². The zero-order valence-corrected chi connectivity index (χ0v) is 11.9. The molecule has 102 valence electrons. The molecule has 1 aliphatic heterocycles. The molecule has 0 N–H and O–H groups in total. The summed E-state index contributed by atoms with van der Waals surface area (Å²) in [7, 11) is 1.87. The van der Waals surface area contributed by atoms with Crippen LogP contribution in [0.3, 0.4) is 0 Å². The molecular weight excluding hydrogens is 276 g/mol. The lowest BCUT2D eigenvalue weighted by Crippen LogP contribution is -2.30. The average molecular weight is 289 g/mol. The van der Waals surface area contributed by atoms with E-state index in [9.17, 15) is 4.79 Å². The lowest BCUT2D eigenvalue weighted by atomic mass is 10.1. The van der Waals surface area contributed by atoms with Crippen molar-refractivity contribution in [1.82, 2.24) is 9.97 Å². The number of para-hydroxylation sites is 1. The Balaban J connectivity index is 2.31. The summed E-state index contributed by atoms with van der Waals surface area (Å²) in [5.74, 6) is 0.574. The third-order valence-electron chi connectivity index (χ3n) is 3.39. The molecule has 0 radical (unpaired) electrons. The summed E-state index contributed by atoms with van der Waals surface area (Å²) in [6.45, 7) is 2.46. The van der Waals surface area contributed by atoms with Crippen LogP contribution >= 0.6 is 11.6 Å². The highest BCUT2D eigenvalue weighted by Gasteiger charge is 2.29. The normalized spacial score (nSPS) is 13.8. The van der Waals surface area contributed by atoms with Gasteiger partial charge < -0.3 is 9.80 Å². The molecule has 2 heterocycles. The Labute approximate surface area is 121 Å². The maximum absolute atomic E-state index is 12.7. The van der Waals surface area contributed by atoms with Gasteiger partial charge in [-0.15, -0.1) is 0 Å². The Hall–Kier alpha value is -2.14. The van der Waals surface area contributed by atoms with Gasteiger partial charge in [-0.3, -0.25) is 4.79 Å². The number of aromatic nitrogens is 2. The van der Waals surface area contributed by atoms with Crippen LogP contribution < -0.4 is 9.80 Å². The molecule has 0 saturated carbocycles. The molecule has 0 fully saturated rings. The first kappa shape index (κ1) is 12.9. The second kappa shape index (κ2) is 4.76. The third-order valence-corrected chi connectivity index (χ3v) is 3.57. The van der Waals surface area contributed by atoms with E-state index in [1.165, 1.54) is 0 Å². The number of carbonyl (C=O) groups excluding carboxylic acids is 1. The minimum absolute atomic E-state index is 0.0559. The van der Waals surface area contributed by atoms with Crippen LogP contribution in [0.25, 0.3) is 0 Å². The quantitative estimate of drug-likeness (QED) is 0.757. The number of anilines is 3. The third kappa shape index (κ3) is 1.82. The van der Waals surface area contributed by atoms with Crippen molar-refractivity contribution in [2.45, 2.75) is 6.92 Å². The van der Waals surface area contributed by atoms with Crippen LogP contribution in [0.4, 0.5) is 17.2 Å². The number of benzene rings is 1. The van der Waals surface area contributed by atoms with Gasteiger partial charge in [-0.2, -0.15) is 4.98 Å². The molecule has 0 bridgehead atoms. The van der Waals surface area contributed by atoms with Crippen LogP contribution in [-0.2, 0) is 0 Å². The van der Waals surface area contributed by atoms with Crippen molar-refractivity contribution in [2.24, 2.45) is 0 Å². The summed E-state index contributed by atoms with van der Waals surface area (Å²) in [5, 5.41) is 0.165. The first-order chi connectivity index (χ1) is 9.63. The standard InChI is InChI=1S/C14H13ClN4O/c1-3-19-11-8-16-14(15)17-12(11)18(2)10-7-5-4-6-9(10)13(19)20/h4-8H,3H2,1-2H3. The summed E-state index contributed by atoms with van der Waals surface area (Å²) in [4.78, 5) is 24.5. The molecule has 5 nitrogen and oxygen atoms in total. The number of hydrogen-bond donors (Lipinski definition) is 0. The molecule has 0 spiro atoms. The highest BCUT2D eigenvalue weighted by Crippen LogP contribution is 2.38. The van der Waals surface area contributed by atoms with E-state index in [2.05, 4.69) is 9.97 Å². The number of amides is 1. The van der Waals surface area contributed by atoms with E-state index in [-0.39, 0.29) is 11.2 Å². The van der Waals surface area contributed by atoms with Crippen LogP contribution in [0.2, 0.25) is 5.28 Å². The average Bonchev–Trinajstić information content (AvgIpc) is 2.55. The van der Waals surface area contributed by atoms with Crippen LogP contribution in [0.5, 0.6) is 0 Å². The maximum Gasteiger partial charge on any atom is 0.260 e. The fourth-order valence-electron chi connectivity index (χ4n) is 2.41. The Morgan fingerprint density at radius 1 is 1.25 bits per heavy atom. The van der Waals surface area contributed by atoms with Gasteiger partial charge >= 0.3 is 0 Å². The van der Waals surface area contributed by atoms with Gasteiger partial charge in [-0.05, 0) is 30.7 Å². The topological polar surface area (TPSA) is 49.3 Å². The predicted molar refractivity (Wildman–Crippen MR) is 78.9 cm³/mol. The lowest BCUT2D eigenvalue weighted by Gasteiger charge is -2.21. The molecule has 0 atom stereocenters. The molecule has 2 aromatic rings. The Morgan fingerprint density at radius 3 is 2.75 bits per heavy atom. The van der Waals surface area contributed by atoms with Crippen LogP contribution in [0.15, 0.2) is 30.5 Å². The van der Waals surface area contributed by atoms with Crippen molar-refractivity contribution < 1.29 is 4.79 Å². The van der Waals surface area contributed by atoms with Crippen LogP contribution in [0.1, 0.15) is 17.3 Å². The summed E-state index contributed by atoms with van der Waals surface area (Å²) < 4.78 is 0. The fourth-order valence-corrected chi connectivity index (χ4v) is 2.54. The van der Waals surface area contributed by atoms with Crippen molar-refractivity contribution in [1.29, 1.82) is 0 Å². The fraction of sp³-hybridized carbons (Fsp3) is 0.214. The second-order valence-electron chi connectivity index (χ2n) is 4.47. The highest BCUT2D eigenvalue weighted by atomic mass is 35.5. The summed E-state index contributed by atoms with van der Waals surface area (Å²) in [6.07, 6.45) is 1.59. The molecule has 1 aromatic carbocycles. The van der Waals surface area contributed by atoms with E-state index in [1.54, 1.807) is 11.1 Å². The Morgan fingerprint density at radius 2 is 2.00 bits per heavy atom. The van der Waals surface area contributed by atoms with Crippen LogP contribution in [-0.4, -0.2) is 29.5 Å². The van der Waals surface area contributed by atoms with E-state index >= 15 is 0 Å². The van der Waals surface area contributed by atoms with E-state index in [0.717, 1.165) is 5.69 Å². The van der Waals surface area contributed by atoms with Crippen LogP contribution in [0, 0.1) is 0 Å². The molecule has 1 aromatic heterocycles. The molecule has 0 saturated heterocycles. The molecule has 20 heavy (non-hydrogen) atoms. The molecule has 0 unspecified atom stereocenters. The van der Waals surface area contributed by atoms with Gasteiger partial charge in [0.1, 0.15) is 5.69 Å². The number of carbonyl (C=O) groups is 1. The molecule has 1 aliphatic rings. The molecule has 0 aliphatic carbocycles. The van der Waals surface area contributed by atoms with Crippen molar-refractivity contribution in [3.8, 4) is 0 Å².